The number of alkyl halides is 1. The van der Waals surface area contributed by atoms with Crippen LogP contribution < -0.4 is 0 Å². The Labute approximate surface area is 88.1 Å². The Balaban J connectivity index is 2.48. The molecule has 3 unspecified atom stereocenters. The fourth-order valence-corrected chi connectivity index (χ4v) is 3.76. The highest BCUT2D eigenvalue weighted by Gasteiger charge is 2.65. The highest BCUT2D eigenvalue weighted by atomic mass is 35.5. The standard InChI is InChI=1S/C10H14ClNO2/c1-9(6-12-14)7-2-3-10(9,5-11)8(13)4-7/h6-7,14H,2-5H2,1H3/b12-6+. The molecular formula is C10H14ClNO2. The van der Waals surface area contributed by atoms with Crippen molar-refractivity contribution < 1.29 is 10.0 Å². The third kappa shape index (κ3) is 0.888. The van der Waals surface area contributed by atoms with Crippen molar-refractivity contribution in [1.29, 1.82) is 0 Å². The Kier molecular flexibility index (Phi) is 2.11. The molecule has 1 N–H and O–H groups in total. The van der Waals surface area contributed by atoms with Crippen molar-refractivity contribution in [3.05, 3.63) is 0 Å². The van der Waals surface area contributed by atoms with Crippen LogP contribution in [0.3, 0.4) is 0 Å². The van der Waals surface area contributed by atoms with E-state index in [4.69, 9.17) is 16.8 Å². The molecule has 0 aliphatic heterocycles. The van der Waals surface area contributed by atoms with E-state index in [2.05, 4.69) is 5.16 Å². The average molecular weight is 216 g/mol. The second-order valence-electron chi connectivity index (χ2n) is 4.61. The Morgan fingerprint density at radius 1 is 1.79 bits per heavy atom. The molecular weight excluding hydrogens is 202 g/mol. The van der Waals surface area contributed by atoms with Crippen molar-refractivity contribution in [2.45, 2.75) is 26.2 Å². The number of nitrogens with zero attached hydrogens (tertiary/aromatic N) is 1. The van der Waals surface area contributed by atoms with Crippen molar-refractivity contribution >= 4 is 23.6 Å². The lowest BCUT2D eigenvalue weighted by Crippen LogP contribution is -2.40. The van der Waals surface area contributed by atoms with Gasteiger partial charge in [-0.15, -0.1) is 16.8 Å². The predicted molar refractivity (Wildman–Crippen MR) is 53.9 cm³/mol. The van der Waals surface area contributed by atoms with E-state index in [1.807, 2.05) is 6.92 Å². The number of rotatable bonds is 2. The van der Waals surface area contributed by atoms with Gasteiger partial charge in [-0.3, -0.25) is 4.79 Å². The van der Waals surface area contributed by atoms with Gasteiger partial charge in [-0.2, -0.15) is 0 Å². The smallest absolute Gasteiger partial charge is 0.141 e. The van der Waals surface area contributed by atoms with Crippen LogP contribution in [0.2, 0.25) is 0 Å². The summed E-state index contributed by atoms with van der Waals surface area (Å²) in [7, 11) is 0. The average Bonchev–Trinajstić information content (AvgIpc) is 2.53. The molecule has 2 bridgehead atoms. The maximum absolute atomic E-state index is 11.9. The summed E-state index contributed by atoms with van der Waals surface area (Å²) in [4.78, 5) is 11.9. The number of fused-ring (bicyclic) bond motifs is 2. The SMILES string of the molecule is CC1(/C=N/O)C2CCC1(CCl)C(=O)C2. The molecule has 0 amide bonds. The van der Waals surface area contributed by atoms with E-state index in [1.165, 1.54) is 6.21 Å². The first-order valence-electron chi connectivity index (χ1n) is 4.88. The topological polar surface area (TPSA) is 49.7 Å². The monoisotopic (exact) mass is 215 g/mol. The van der Waals surface area contributed by atoms with E-state index in [0.717, 1.165) is 12.8 Å². The number of halogens is 1. The van der Waals surface area contributed by atoms with Gasteiger partial charge < -0.3 is 5.21 Å². The van der Waals surface area contributed by atoms with Gasteiger partial charge in [0.1, 0.15) is 5.78 Å². The molecule has 2 aliphatic rings. The van der Waals surface area contributed by atoms with Crippen LogP contribution in [0.1, 0.15) is 26.2 Å². The predicted octanol–water partition coefficient (Wildman–Crippen LogP) is 2.06. The number of carbonyl (C=O) groups excluding carboxylic acids is 1. The van der Waals surface area contributed by atoms with Crippen LogP contribution in [-0.2, 0) is 4.79 Å². The van der Waals surface area contributed by atoms with Crippen molar-refractivity contribution in [2.24, 2.45) is 21.9 Å². The first kappa shape index (κ1) is 9.97. The zero-order valence-corrected chi connectivity index (χ0v) is 8.92. The van der Waals surface area contributed by atoms with E-state index in [-0.39, 0.29) is 11.2 Å². The summed E-state index contributed by atoms with van der Waals surface area (Å²) < 4.78 is 0. The zero-order chi connectivity index (χ0) is 10.4. The molecule has 3 nitrogen and oxygen atoms in total. The molecule has 0 aromatic rings. The summed E-state index contributed by atoms with van der Waals surface area (Å²) in [5, 5.41) is 11.8. The number of oxime groups is 1. The first-order valence-corrected chi connectivity index (χ1v) is 5.42. The van der Waals surface area contributed by atoms with Crippen LogP contribution in [0.15, 0.2) is 5.16 Å². The molecule has 0 spiro atoms. The third-order valence-corrected chi connectivity index (χ3v) is 4.77. The van der Waals surface area contributed by atoms with Crippen LogP contribution in [0.5, 0.6) is 0 Å². The van der Waals surface area contributed by atoms with Crippen molar-refractivity contribution in [3.63, 3.8) is 0 Å². The van der Waals surface area contributed by atoms with Gasteiger partial charge in [-0.05, 0) is 18.8 Å². The van der Waals surface area contributed by atoms with Crippen LogP contribution in [0.4, 0.5) is 0 Å². The first-order chi connectivity index (χ1) is 6.60. The zero-order valence-electron chi connectivity index (χ0n) is 8.16. The molecule has 2 fully saturated rings. The summed E-state index contributed by atoms with van der Waals surface area (Å²) in [5.74, 6) is 0.890. The summed E-state index contributed by atoms with van der Waals surface area (Å²) >= 11 is 5.94. The van der Waals surface area contributed by atoms with E-state index >= 15 is 0 Å². The lowest BCUT2D eigenvalue weighted by Gasteiger charge is -2.34. The quantitative estimate of drug-likeness (QED) is 0.332. The highest BCUT2D eigenvalue weighted by Crippen LogP contribution is 2.63. The van der Waals surface area contributed by atoms with Gasteiger partial charge in [0, 0.05) is 17.7 Å². The number of hydrogen-bond donors (Lipinski definition) is 1. The Bertz CT molecular complexity index is 304. The minimum Gasteiger partial charge on any atom is -0.411 e. The van der Waals surface area contributed by atoms with E-state index in [1.54, 1.807) is 0 Å². The molecule has 0 radical (unpaired) electrons. The van der Waals surface area contributed by atoms with Crippen molar-refractivity contribution in [2.75, 3.05) is 5.88 Å². The lowest BCUT2D eigenvalue weighted by molar-refractivity contribution is -0.127. The second-order valence-corrected chi connectivity index (χ2v) is 4.87. The summed E-state index contributed by atoms with van der Waals surface area (Å²) in [6.45, 7) is 1.98. The van der Waals surface area contributed by atoms with Crippen molar-refractivity contribution in [3.8, 4) is 0 Å². The third-order valence-electron chi connectivity index (χ3n) is 4.32. The fraction of sp³-hybridized carbons (Fsp3) is 0.800. The Morgan fingerprint density at radius 3 is 3.00 bits per heavy atom. The molecule has 2 rings (SSSR count). The van der Waals surface area contributed by atoms with Gasteiger partial charge in [0.15, 0.2) is 0 Å². The molecule has 0 saturated heterocycles. The van der Waals surface area contributed by atoms with Crippen molar-refractivity contribution in [1.82, 2.24) is 0 Å². The maximum Gasteiger partial charge on any atom is 0.141 e. The molecule has 78 valence electrons. The number of Topliss-reactive ketones (excluding diaryl/α,β-unsaturated/α-hetero) is 1. The van der Waals surface area contributed by atoms with Crippen LogP contribution in [-0.4, -0.2) is 23.1 Å². The molecule has 0 heterocycles. The van der Waals surface area contributed by atoms with E-state index in [9.17, 15) is 4.79 Å². The van der Waals surface area contributed by atoms with Crippen LogP contribution >= 0.6 is 11.6 Å². The summed E-state index contributed by atoms with van der Waals surface area (Å²) in [5.41, 5.74) is -0.800. The van der Waals surface area contributed by atoms with Gasteiger partial charge in [0.05, 0.1) is 11.6 Å². The summed E-state index contributed by atoms with van der Waals surface area (Å²) in [6.07, 6.45) is 3.96. The Morgan fingerprint density at radius 2 is 2.50 bits per heavy atom. The second kappa shape index (κ2) is 2.96. The minimum absolute atomic E-state index is 0.242. The maximum atomic E-state index is 11.9. The summed E-state index contributed by atoms with van der Waals surface area (Å²) in [6, 6.07) is 0. The van der Waals surface area contributed by atoms with Gasteiger partial charge in [0.2, 0.25) is 0 Å². The van der Waals surface area contributed by atoms with E-state index < -0.39 is 5.41 Å². The molecule has 2 aliphatic carbocycles. The van der Waals surface area contributed by atoms with Crippen LogP contribution in [0.25, 0.3) is 0 Å². The van der Waals surface area contributed by atoms with E-state index in [0.29, 0.717) is 18.2 Å². The fourth-order valence-electron chi connectivity index (χ4n) is 3.19. The van der Waals surface area contributed by atoms with Gasteiger partial charge in [-0.25, -0.2) is 0 Å². The van der Waals surface area contributed by atoms with Crippen LogP contribution in [0, 0.1) is 16.7 Å². The number of carbonyl (C=O) groups is 1. The van der Waals surface area contributed by atoms with Gasteiger partial charge >= 0.3 is 0 Å². The lowest BCUT2D eigenvalue weighted by atomic mass is 9.69. The largest absolute Gasteiger partial charge is 0.411 e. The molecule has 3 atom stereocenters. The number of ketones is 1. The van der Waals surface area contributed by atoms with Gasteiger partial charge in [-0.1, -0.05) is 6.92 Å². The molecule has 0 aromatic heterocycles. The molecule has 14 heavy (non-hydrogen) atoms. The highest BCUT2D eigenvalue weighted by molar-refractivity contribution is 6.21. The molecule has 0 aromatic carbocycles. The van der Waals surface area contributed by atoms with Gasteiger partial charge in [0.25, 0.3) is 0 Å². The minimum atomic E-state index is -0.467. The molecule has 4 heteroatoms. The Hall–Kier alpha value is -0.570. The molecule has 2 saturated carbocycles. The number of hydrogen-bond acceptors (Lipinski definition) is 3. The normalized spacial score (nSPS) is 46.7.